The molecule has 0 fully saturated rings. The summed E-state index contributed by atoms with van der Waals surface area (Å²) in [6.45, 7) is 0. The van der Waals surface area contributed by atoms with Crippen molar-refractivity contribution < 1.29 is 23.8 Å². The predicted octanol–water partition coefficient (Wildman–Crippen LogP) is 1.84. The first-order valence-corrected chi connectivity index (χ1v) is 5.72. The van der Waals surface area contributed by atoms with Gasteiger partial charge in [0, 0.05) is 6.20 Å². The first kappa shape index (κ1) is 14.4. The summed E-state index contributed by atoms with van der Waals surface area (Å²) in [5.74, 6) is -2.71. The van der Waals surface area contributed by atoms with Crippen LogP contribution in [0.25, 0.3) is 0 Å². The fourth-order valence-electron chi connectivity index (χ4n) is 1.51. The number of hydrogen-bond acceptors (Lipinski definition) is 6. The van der Waals surface area contributed by atoms with Crippen molar-refractivity contribution in [3.05, 3.63) is 47.7 Å². The normalized spacial score (nSPS) is 10.0. The van der Waals surface area contributed by atoms with Crippen LogP contribution in [0.1, 0.15) is 21.0 Å². The van der Waals surface area contributed by atoms with Crippen LogP contribution in [0.2, 0.25) is 0 Å². The second-order valence-corrected chi connectivity index (χ2v) is 3.88. The van der Waals surface area contributed by atoms with Crippen LogP contribution >= 0.6 is 0 Å². The number of aromatic carboxylic acids is 1. The second-order valence-electron chi connectivity index (χ2n) is 3.88. The highest BCUT2D eigenvalue weighted by atomic mass is 19.1. The lowest BCUT2D eigenvalue weighted by molar-refractivity contribution is 0.0586. The third-order valence-electron chi connectivity index (χ3n) is 2.50. The van der Waals surface area contributed by atoms with E-state index in [9.17, 15) is 14.0 Å². The molecule has 21 heavy (non-hydrogen) atoms. The molecule has 0 aliphatic heterocycles. The van der Waals surface area contributed by atoms with E-state index in [1.807, 2.05) is 0 Å². The molecule has 0 radical (unpaired) electrons. The van der Waals surface area contributed by atoms with Crippen LogP contribution in [-0.2, 0) is 4.74 Å². The lowest BCUT2D eigenvalue weighted by Gasteiger charge is -2.08. The number of nitrogens with zero attached hydrogens (tertiary/aromatic N) is 2. The van der Waals surface area contributed by atoms with Gasteiger partial charge in [-0.2, -0.15) is 0 Å². The Bertz CT molecular complexity index is 706. The van der Waals surface area contributed by atoms with Crippen LogP contribution in [0.15, 0.2) is 30.5 Å². The molecular weight excluding hydrogens is 281 g/mol. The fourth-order valence-corrected chi connectivity index (χ4v) is 1.51. The number of methoxy groups -OCH3 is 1. The molecule has 108 valence electrons. The highest BCUT2D eigenvalue weighted by molar-refractivity contribution is 5.88. The molecule has 2 rings (SSSR count). The molecule has 2 aromatic rings. The van der Waals surface area contributed by atoms with Gasteiger partial charge in [-0.15, -0.1) is 0 Å². The third kappa shape index (κ3) is 3.30. The summed E-state index contributed by atoms with van der Waals surface area (Å²) in [5.41, 5.74) is -0.148. The Morgan fingerprint density at radius 1 is 1.33 bits per heavy atom. The van der Waals surface area contributed by atoms with E-state index in [0.717, 1.165) is 6.07 Å². The summed E-state index contributed by atoms with van der Waals surface area (Å²) in [5, 5.41) is 11.4. The lowest BCUT2D eigenvalue weighted by Crippen LogP contribution is -2.09. The van der Waals surface area contributed by atoms with Crippen LogP contribution in [0.4, 0.5) is 15.9 Å². The number of carbonyl (C=O) groups excluding carboxylic acids is 1. The number of ether oxygens (including phenoxy) is 1. The summed E-state index contributed by atoms with van der Waals surface area (Å²) in [6.07, 6.45) is 1.31. The number of carbonyl (C=O) groups is 2. The maximum atomic E-state index is 13.8. The van der Waals surface area contributed by atoms with Gasteiger partial charge in [0.1, 0.15) is 11.6 Å². The quantitative estimate of drug-likeness (QED) is 0.829. The summed E-state index contributed by atoms with van der Waals surface area (Å²) >= 11 is 0. The molecule has 0 bridgehead atoms. The van der Waals surface area contributed by atoms with Crippen molar-refractivity contribution in [1.29, 1.82) is 0 Å². The number of anilines is 2. The van der Waals surface area contributed by atoms with E-state index in [2.05, 4.69) is 20.0 Å². The number of hydrogen-bond donors (Lipinski definition) is 2. The van der Waals surface area contributed by atoms with Gasteiger partial charge < -0.3 is 15.2 Å². The molecule has 0 amide bonds. The molecule has 0 unspecified atom stereocenters. The third-order valence-corrected chi connectivity index (χ3v) is 2.50. The lowest BCUT2D eigenvalue weighted by atomic mass is 10.2. The van der Waals surface area contributed by atoms with Crippen molar-refractivity contribution in [3.63, 3.8) is 0 Å². The number of benzene rings is 1. The average Bonchev–Trinajstić information content (AvgIpc) is 2.48. The molecule has 7 nitrogen and oxygen atoms in total. The summed E-state index contributed by atoms with van der Waals surface area (Å²) in [4.78, 5) is 29.6. The van der Waals surface area contributed by atoms with E-state index in [1.54, 1.807) is 0 Å². The summed E-state index contributed by atoms with van der Waals surface area (Å²) in [6, 6.07) is 4.82. The van der Waals surface area contributed by atoms with Crippen LogP contribution in [0.3, 0.4) is 0 Å². The standard InChI is InChI=1S/C13H10FN3O4/c1-21-13(20)11-15-5-4-10(17-11)16-9-3-2-7(12(18)19)6-8(9)14/h2-6H,1H3,(H,18,19)(H,15,16,17). The monoisotopic (exact) mass is 291 g/mol. The predicted molar refractivity (Wildman–Crippen MR) is 70.0 cm³/mol. The zero-order chi connectivity index (χ0) is 15.4. The van der Waals surface area contributed by atoms with Gasteiger partial charge in [-0.25, -0.2) is 23.9 Å². The molecule has 0 atom stereocenters. The minimum absolute atomic E-state index is 0.0227. The zero-order valence-electron chi connectivity index (χ0n) is 10.8. The number of carboxylic acids is 1. The van der Waals surface area contributed by atoms with E-state index in [1.165, 1.54) is 31.5 Å². The highest BCUT2D eigenvalue weighted by Crippen LogP contribution is 2.19. The molecule has 1 aromatic heterocycles. The van der Waals surface area contributed by atoms with E-state index >= 15 is 0 Å². The van der Waals surface area contributed by atoms with Gasteiger partial charge in [0.15, 0.2) is 0 Å². The molecule has 0 saturated carbocycles. The number of aromatic nitrogens is 2. The van der Waals surface area contributed by atoms with Gasteiger partial charge in [0.2, 0.25) is 5.82 Å². The Morgan fingerprint density at radius 2 is 2.10 bits per heavy atom. The number of nitrogens with one attached hydrogen (secondary N) is 1. The molecule has 0 aliphatic carbocycles. The molecule has 8 heteroatoms. The van der Waals surface area contributed by atoms with Crippen LogP contribution in [0.5, 0.6) is 0 Å². The van der Waals surface area contributed by atoms with Gasteiger partial charge in [-0.3, -0.25) is 0 Å². The maximum Gasteiger partial charge on any atom is 0.376 e. The van der Waals surface area contributed by atoms with Crippen molar-refractivity contribution in [2.45, 2.75) is 0 Å². The van der Waals surface area contributed by atoms with E-state index in [0.29, 0.717) is 0 Å². The maximum absolute atomic E-state index is 13.8. The average molecular weight is 291 g/mol. The van der Waals surface area contributed by atoms with E-state index in [4.69, 9.17) is 5.11 Å². The first-order valence-electron chi connectivity index (χ1n) is 5.72. The van der Waals surface area contributed by atoms with Crippen molar-refractivity contribution >= 4 is 23.4 Å². The largest absolute Gasteiger partial charge is 0.478 e. The Labute approximate surface area is 118 Å². The topological polar surface area (TPSA) is 101 Å². The van der Waals surface area contributed by atoms with Crippen molar-refractivity contribution in [1.82, 2.24) is 9.97 Å². The second kappa shape index (κ2) is 5.95. The fraction of sp³-hybridized carbons (Fsp3) is 0.0769. The minimum Gasteiger partial charge on any atom is -0.478 e. The number of esters is 1. The number of carboxylic acid groups (broad SMARTS) is 1. The SMILES string of the molecule is COC(=O)c1nccc(Nc2ccc(C(=O)O)cc2F)n1. The highest BCUT2D eigenvalue weighted by Gasteiger charge is 2.12. The van der Waals surface area contributed by atoms with Gasteiger partial charge in [0.05, 0.1) is 18.4 Å². The Hall–Kier alpha value is -3.03. The summed E-state index contributed by atoms with van der Waals surface area (Å²) < 4.78 is 18.2. The number of halogens is 1. The van der Waals surface area contributed by atoms with Gasteiger partial charge in [-0.05, 0) is 24.3 Å². The Morgan fingerprint density at radius 3 is 2.71 bits per heavy atom. The molecule has 1 aromatic carbocycles. The molecule has 0 aliphatic rings. The smallest absolute Gasteiger partial charge is 0.376 e. The molecule has 2 N–H and O–H groups in total. The van der Waals surface area contributed by atoms with Crippen LogP contribution in [0, 0.1) is 5.82 Å². The van der Waals surface area contributed by atoms with Crippen molar-refractivity contribution in [3.8, 4) is 0 Å². The molecule has 1 heterocycles. The molecular formula is C13H10FN3O4. The first-order chi connectivity index (χ1) is 10.0. The van der Waals surface area contributed by atoms with Crippen molar-refractivity contribution in [2.24, 2.45) is 0 Å². The van der Waals surface area contributed by atoms with Crippen LogP contribution < -0.4 is 5.32 Å². The Kier molecular flexibility index (Phi) is 4.07. The molecule has 0 spiro atoms. The van der Waals surface area contributed by atoms with E-state index in [-0.39, 0.29) is 22.9 Å². The Balaban J connectivity index is 2.26. The summed E-state index contributed by atoms with van der Waals surface area (Å²) in [7, 11) is 1.19. The minimum atomic E-state index is -1.23. The van der Waals surface area contributed by atoms with Crippen LogP contribution in [-0.4, -0.2) is 34.1 Å². The molecule has 0 saturated heterocycles. The van der Waals surface area contributed by atoms with Gasteiger partial charge >= 0.3 is 11.9 Å². The van der Waals surface area contributed by atoms with Gasteiger partial charge in [0.25, 0.3) is 0 Å². The zero-order valence-corrected chi connectivity index (χ0v) is 10.8. The van der Waals surface area contributed by atoms with Gasteiger partial charge in [-0.1, -0.05) is 0 Å². The van der Waals surface area contributed by atoms with E-state index < -0.39 is 17.8 Å². The number of rotatable bonds is 4. The van der Waals surface area contributed by atoms with Crippen molar-refractivity contribution in [2.75, 3.05) is 12.4 Å².